The third kappa shape index (κ3) is 2.08. The zero-order valence-corrected chi connectivity index (χ0v) is 9.43. The van der Waals surface area contributed by atoms with Gasteiger partial charge in [0.25, 0.3) is 5.91 Å². The fourth-order valence-electron chi connectivity index (χ4n) is 1.98. The summed E-state index contributed by atoms with van der Waals surface area (Å²) in [6.45, 7) is -0.437. The zero-order chi connectivity index (χ0) is 13.3. The Hall–Kier alpha value is -1.54. The van der Waals surface area contributed by atoms with Crippen LogP contribution in [0.4, 0.5) is 0 Å². The van der Waals surface area contributed by atoms with E-state index in [1.807, 2.05) is 0 Å². The highest BCUT2D eigenvalue weighted by atomic mass is 16.6. The molecule has 2 rings (SSSR count). The van der Waals surface area contributed by atoms with Gasteiger partial charge in [0.2, 0.25) is 0 Å². The van der Waals surface area contributed by atoms with E-state index in [4.69, 9.17) is 15.6 Å². The van der Waals surface area contributed by atoms with Crippen molar-refractivity contribution in [1.29, 1.82) is 0 Å². The highest BCUT2D eigenvalue weighted by molar-refractivity contribution is 5.94. The molecule has 1 aromatic heterocycles. The summed E-state index contributed by atoms with van der Waals surface area (Å²) in [4.78, 5) is 15.2. The summed E-state index contributed by atoms with van der Waals surface area (Å²) in [7, 11) is 0. The summed E-state index contributed by atoms with van der Waals surface area (Å²) >= 11 is 0. The first-order valence-electron chi connectivity index (χ1n) is 5.43. The molecule has 5 N–H and O–H groups in total. The van der Waals surface area contributed by atoms with Crippen molar-refractivity contribution in [1.82, 2.24) is 4.98 Å². The number of aromatic nitrogens is 1. The van der Waals surface area contributed by atoms with Gasteiger partial charge in [0.1, 0.15) is 24.4 Å². The van der Waals surface area contributed by atoms with Crippen LogP contribution in [0.15, 0.2) is 18.3 Å². The second-order valence-electron chi connectivity index (χ2n) is 4.06. The smallest absolute Gasteiger partial charge is 0.250 e. The second kappa shape index (κ2) is 4.99. The normalized spacial score (nSPS) is 31.5. The van der Waals surface area contributed by atoms with E-state index in [-0.39, 0.29) is 11.3 Å². The molecule has 1 amide bonds. The van der Waals surface area contributed by atoms with E-state index in [0.29, 0.717) is 0 Å². The molecule has 2 heterocycles. The maximum Gasteiger partial charge on any atom is 0.250 e. The largest absolute Gasteiger partial charge is 0.394 e. The Balaban J connectivity index is 2.35. The number of pyridine rings is 1. The Kier molecular flexibility index (Phi) is 3.58. The highest BCUT2D eigenvalue weighted by Gasteiger charge is 2.44. The van der Waals surface area contributed by atoms with Gasteiger partial charge in [-0.15, -0.1) is 0 Å². The molecule has 18 heavy (non-hydrogen) atoms. The lowest BCUT2D eigenvalue weighted by molar-refractivity contribution is -0.0241. The topological polar surface area (TPSA) is 126 Å². The molecule has 1 aliphatic heterocycles. The summed E-state index contributed by atoms with van der Waals surface area (Å²) in [5.74, 6) is -0.698. The molecule has 7 heteroatoms. The van der Waals surface area contributed by atoms with Crippen molar-refractivity contribution in [2.45, 2.75) is 24.4 Å². The van der Waals surface area contributed by atoms with Crippen molar-refractivity contribution < 1.29 is 24.9 Å². The number of aliphatic hydroxyl groups excluding tert-OH is 3. The van der Waals surface area contributed by atoms with Crippen LogP contribution in [-0.2, 0) is 4.74 Å². The second-order valence-corrected chi connectivity index (χ2v) is 4.06. The Morgan fingerprint density at radius 1 is 1.44 bits per heavy atom. The van der Waals surface area contributed by atoms with Crippen molar-refractivity contribution in [2.75, 3.05) is 6.61 Å². The molecule has 0 bridgehead atoms. The first-order valence-corrected chi connectivity index (χ1v) is 5.43. The number of nitrogens with zero attached hydrogens (tertiary/aromatic N) is 1. The Morgan fingerprint density at radius 2 is 2.17 bits per heavy atom. The molecule has 7 nitrogen and oxygen atoms in total. The summed E-state index contributed by atoms with van der Waals surface area (Å²) in [6.07, 6.45) is -2.97. The Bertz CT molecular complexity index is 453. The molecule has 0 saturated carbocycles. The number of ether oxygens (including phenoxy) is 1. The van der Waals surface area contributed by atoms with Crippen LogP contribution >= 0.6 is 0 Å². The third-order valence-electron chi connectivity index (χ3n) is 2.92. The number of carbonyl (C=O) groups is 1. The minimum Gasteiger partial charge on any atom is -0.394 e. The van der Waals surface area contributed by atoms with Gasteiger partial charge >= 0.3 is 0 Å². The summed E-state index contributed by atoms with van der Waals surface area (Å²) in [5, 5.41) is 28.5. The van der Waals surface area contributed by atoms with E-state index in [2.05, 4.69) is 4.98 Å². The van der Waals surface area contributed by atoms with Gasteiger partial charge in [-0.05, 0) is 12.1 Å². The van der Waals surface area contributed by atoms with Gasteiger partial charge in [-0.3, -0.25) is 9.78 Å². The third-order valence-corrected chi connectivity index (χ3v) is 2.92. The molecule has 1 aliphatic rings. The number of nitrogens with two attached hydrogens (primary N) is 1. The van der Waals surface area contributed by atoms with Crippen LogP contribution in [0.5, 0.6) is 0 Å². The minimum absolute atomic E-state index is 0.118. The molecule has 0 radical (unpaired) electrons. The molecule has 0 aromatic carbocycles. The van der Waals surface area contributed by atoms with Gasteiger partial charge in [-0.25, -0.2) is 0 Å². The van der Waals surface area contributed by atoms with Crippen LogP contribution in [0, 0.1) is 0 Å². The first-order chi connectivity index (χ1) is 8.56. The van der Waals surface area contributed by atoms with Gasteiger partial charge in [0, 0.05) is 6.20 Å². The molecule has 4 atom stereocenters. The lowest BCUT2D eigenvalue weighted by atomic mass is 10.0. The van der Waals surface area contributed by atoms with Gasteiger partial charge in [0.05, 0.1) is 17.9 Å². The van der Waals surface area contributed by atoms with Gasteiger partial charge in [-0.1, -0.05) is 0 Å². The zero-order valence-electron chi connectivity index (χ0n) is 9.43. The molecule has 98 valence electrons. The van der Waals surface area contributed by atoms with Crippen LogP contribution in [0.1, 0.15) is 22.2 Å². The van der Waals surface area contributed by atoms with Crippen LogP contribution in [0.2, 0.25) is 0 Å². The maximum atomic E-state index is 11.3. The molecular weight excluding hydrogens is 240 g/mol. The first kappa shape index (κ1) is 12.9. The summed E-state index contributed by atoms with van der Waals surface area (Å²) < 4.78 is 5.29. The molecule has 1 fully saturated rings. The molecule has 1 unspecified atom stereocenters. The quantitative estimate of drug-likeness (QED) is 0.511. The Labute approximate surface area is 103 Å². The van der Waals surface area contributed by atoms with E-state index in [0.717, 1.165) is 0 Å². The Morgan fingerprint density at radius 3 is 2.72 bits per heavy atom. The SMILES string of the molecule is NC(=O)c1cccnc1C1O[C@H](CO)[C@@H](O)[C@H]1O. The highest BCUT2D eigenvalue weighted by Crippen LogP contribution is 2.33. The summed E-state index contributed by atoms with van der Waals surface area (Å²) in [6, 6.07) is 2.99. The van der Waals surface area contributed by atoms with Gasteiger partial charge in [0.15, 0.2) is 0 Å². The molecule has 1 aromatic rings. The standard InChI is InChI=1S/C11H14N2O5/c12-11(17)5-2-1-3-13-7(5)10-9(16)8(15)6(4-14)18-10/h1-3,6,8-10,14-16H,4H2,(H2,12,17)/t6-,8-,9-,10?/m1/s1. The monoisotopic (exact) mass is 254 g/mol. The predicted molar refractivity (Wildman–Crippen MR) is 59.5 cm³/mol. The lowest BCUT2D eigenvalue weighted by Gasteiger charge is -2.16. The number of rotatable bonds is 3. The van der Waals surface area contributed by atoms with E-state index < -0.39 is 36.9 Å². The van der Waals surface area contributed by atoms with Crippen molar-refractivity contribution in [3.63, 3.8) is 0 Å². The van der Waals surface area contributed by atoms with Crippen LogP contribution in [0.25, 0.3) is 0 Å². The number of hydrogen-bond acceptors (Lipinski definition) is 6. The fraction of sp³-hybridized carbons (Fsp3) is 0.455. The molecule has 0 aliphatic carbocycles. The van der Waals surface area contributed by atoms with Crippen LogP contribution < -0.4 is 5.73 Å². The predicted octanol–water partition coefficient (Wildman–Crippen LogP) is -1.67. The maximum absolute atomic E-state index is 11.3. The van der Waals surface area contributed by atoms with Crippen molar-refractivity contribution in [2.24, 2.45) is 5.73 Å². The average Bonchev–Trinajstić information content (AvgIpc) is 2.66. The van der Waals surface area contributed by atoms with Gasteiger partial charge in [-0.2, -0.15) is 0 Å². The van der Waals surface area contributed by atoms with Crippen LogP contribution in [-0.4, -0.2) is 51.1 Å². The number of primary amides is 1. The van der Waals surface area contributed by atoms with Crippen molar-refractivity contribution >= 4 is 5.91 Å². The van der Waals surface area contributed by atoms with E-state index in [9.17, 15) is 15.0 Å². The number of carbonyl (C=O) groups excluding carboxylic acids is 1. The molecule has 0 spiro atoms. The van der Waals surface area contributed by atoms with E-state index >= 15 is 0 Å². The van der Waals surface area contributed by atoms with Gasteiger partial charge < -0.3 is 25.8 Å². The van der Waals surface area contributed by atoms with E-state index in [1.165, 1.54) is 18.3 Å². The molecular formula is C11H14N2O5. The fourth-order valence-corrected chi connectivity index (χ4v) is 1.98. The molecule has 1 saturated heterocycles. The number of aliphatic hydroxyl groups is 3. The van der Waals surface area contributed by atoms with E-state index in [1.54, 1.807) is 0 Å². The summed E-state index contributed by atoms with van der Waals surface area (Å²) in [5.41, 5.74) is 5.48. The average molecular weight is 254 g/mol. The lowest BCUT2D eigenvalue weighted by Crippen LogP contribution is -2.32. The number of hydrogen-bond donors (Lipinski definition) is 4. The minimum atomic E-state index is -1.27. The number of amides is 1. The van der Waals surface area contributed by atoms with Crippen LogP contribution in [0.3, 0.4) is 0 Å². The van der Waals surface area contributed by atoms with Crippen molar-refractivity contribution in [3.8, 4) is 0 Å². The van der Waals surface area contributed by atoms with Crippen molar-refractivity contribution in [3.05, 3.63) is 29.6 Å².